The summed E-state index contributed by atoms with van der Waals surface area (Å²) in [6.07, 6.45) is 5.83. The van der Waals surface area contributed by atoms with E-state index in [1.807, 2.05) is 49.4 Å². The summed E-state index contributed by atoms with van der Waals surface area (Å²) in [6, 6.07) is 19.8. The highest BCUT2D eigenvalue weighted by Crippen LogP contribution is 2.28. The van der Waals surface area contributed by atoms with Crippen LogP contribution in [0.2, 0.25) is 0 Å². The lowest BCUT2D eigenvalue weighted by atomic mass is 10.1. The zero-order valence-corrected chi connectivity index (χ0v) is 21.2. The summed E-state index contributed by atoms with van der Waals surface area (Å²) in [4.78, 5) is 18.8. The molecule has 1 saturated heterocycles. The summed E-state index contributed by atoms with van der Waals surface area (Å²) in [5, 5.41) is 9.71. The van der Waals surface area contributed by atoms with Crippen molar-refractivity contribution in [2.75, 3.05) is 17.9 Å². The molecule has 1 N–H and O–H groups in total. The number of hydrogen-bond acceptors (Lipinski definition) is 9. The van der Waals surface area contributed by atoms with Gasteiger partial charge in [0.2, 0.25) is 5.95 Å². The minimum Gasteiger partial charge on any atom is -0.489 e. The molecule has 1 aliphatic heterocycles. The molecule has 3 heterocycles. The van der Waals surface area contributed by atoms with E-state index >= 15 is 0 Å². The van der Waals surface area contributed by atoms with E-state index in [9.17, 15) is 5.26 Å². The monoisotopic (exact) mass is 510 g/mol. The Labute approximate surface area is 220 Å². The minimum atomic E-state index is 0.0776. The molecule has 37 heavy (non-hydrogen) atoms. The van der Waals surface area contributed by atoms with Crippen molar-refractivity contribution in [1.29, 1.82) is 5.26 Å². The fraction of sp³-hybridized carbons (Fsp3) is 0.250. The lowest BCUT2D eigenvalue weighted by Crippen LogP contribution is -2.26. The van der Waals surface area contributed by atoms with E-state index in [0.717, 1.165) is 40.3 Å². The third-order valence-corrected chi connectivity index (χ3v) is 6.70. The molecule has 1 fully saturated rings. The van der Waals surface area contributed by atoms with Gasteiger partial charge in [-0.25, -0.2) is 19.9 Å². The first-order valence-corrected chi connectivity index (χ1v) is 12.9. The number of rotatable bonds is 8. The van der Waals surface area contributed by atoms with Crippen molar-refractivity contribution in [2.24, 2.45) is 0 Å². The Hall–Kier alpha value is -4.00. The maximum Gasteiger partial charge on any atom is 0.233 e. The second kappa shape index (κ2) is 11.8. The Balaban J connectivity index is 1.24. The summed E-state index contributed by atoms with van der Waals surface area (Å²) in [5.41, 5.74) is 4.15. The quantitative estimate of drug-likeness (QED) is 0.313. The molecule has 1 aliphatic rings. The van der Waals surface area contributed by atoms with Crippen LogP contribution in [0.5, 0.6) is 5.75 Å². The van der Waals surface area contributed by atoms with E-state index in [2.05, 4.69) is 37.9 Å². The van der Waals surface area contributed by atoms with E-state index in [1.165, 1.54) is 11.9 Å². The molecule has 186 valence electrons. The van der Waals surface area contributed by atoms with Crippen LogP contribution in [0.1, 0.15) is 35.5 Å². The molecule has 4 aromatic rings. The first kappa shape index (κ1) is 24.7. The van der Waals surface area contributed by atoms with Crippen LogP contribution in [0.4, 0.5) is 5.95 Å². The summed E-state index contributed by atoms with van der Waals surface area (Å²) >= 11 is 1.46. The van der Waals surface area contributed by atoms with Crippen LogP contribution in [-0.2, 0) is 11.2 Å². The maximum absolute atomic E-state index is 9.71. The molecule has 0 radical (unpaired) electrons. The number of aryl methyl sites for hydroxylation is 1. The summed E-state index contributed by atoms with van der Waals surface area (Å²) in [7, 11) is 0. The Morgan fingerprint density at radius 1 is 1.03 bits per heavy atom. The molecule has 0 saturated carbocycles. The molecule has 0 amide bonds. The SMILES string of the molecule is Cc1ccnc(NSc2ccc(Cc3nccc(-c4ccc(OC5CCOCC5)c(C#N)c4)n3)cc2)n1. The average molecular weight is 511 g/mol. The highest BCUT2D eigenvalue weighted by atomic mass is 32.2. The third-order valence-electron chi connectivity index (χ3n) is 5.90. The van der Waals surface area contributed by atoms with Crippen LogP contribution in [-0.4, -0.2) is 39.3 Å². The van der Waals surface area contributed by atoms with Gasteiger partial charge >= 0.3 is 0 Å². The first-order chi connectivity index (χ1) is 18.2. The van der Waals surface area contributed by atoms with Gasteiger partial charge in [0.1, 0.15) is 23.7 Å². The lowest BCUT2D eigenvalue weighted by molar-refractivity contribution is 0.0254. The van der Waals surface area contributed by atoms with Gasteiger partial charge in [-0.3, -0.25) is 4.72 Å². The van der Waals surface area contributed by atoms with E-state index in [-0.39, 0.29) is 6.10 Å². The van der Waals surface area contributed by atoms with Crippen molar-refractivity contribution in [3.05, 3.63) is 89.6 Å². The van der Waals surface area contributed by atoms with E-state index in [1.54, 1.807) is 12.4 Å². The normalized spacial score (nSPS) is 13.6. The molecule has 8 nitrogen and oxygen atoms in total. The molecule has 0 unspecified atom stereocenters. The minimum absolute atomic E-state index is 0.0776. The molecule has 9 heteroatoms. The predicted octanol–water partition coefficient (Wildman–Crippen LogP) is 5.38. The van der Waals surface area contributed by atoms with Gasteiger partial charge in [0, 0.05) is 47.8 Å². The molecule has 0 bridgehead atoms. The van der Waals surface area contributed by atoms with Crippen LogP contribution >= 0.6 is 11.9 Å². The van der Waals surface area contributed by atoms with Crippen LogP contribution in [0.3, 0.4) is 0 Å². The first-order valence-electron chi connectivity index (χ1n) is 12.1. The zero-order chi connectivity index (χ0) is 25.5. The molecule has 5 rings (SSSR count). The van der Waals surface area contributed by atoms with Crippen molar-refractivity contribution < 1.29 is 9.47 Å². The van der Waals surface area contributed by atoms with Crippen LogP contribution in [0.25, 0.3) is 11.3 Å². The molecule has 0 atom stereocenters. The number of anilines is 1. The van der Waals surface area contributed by atoms with Crippen LogP contribution in [0.15, 0.2) is 71.9 Å². The van der Waals surface area contributed by atoms with Crippen molar-refractivity contribution in [2.45, 2.75) is 37.2 Å². The van der Waals surface area contributed by atoms with E-state index in [4.69, 9.17) is 14.5 Å². The molecule has 0 aliphatic carbocycles. The fourth-order valence-electron chi connectivity index (χ4n) is 3.96. The number of nitrogens with one attached hydrogen (secondary N) is 1. The van der Waals surface area contributed by atoms with Gasteiger partial charge < -0.3 is 9.47 Å². The number of ether oxygens (including phenoxy) is 2. The molecular formula is C28H26N6O2S. The van der Waals surface area contributed by atoms with Gasteiger partial charge in [-0.2, -0.15) is 5.26 Å². The standard InChI is InChI=1S/C28H26N6O2S/c1-19-8-12-31-28(32-19)34-37-24-5-2-20(3-6-24)16-27-30-13-9-25(33-27)21-4-7-26(22(17-21)18-29)36-23-10-14-35-15-11-23/h2-9,12-13,17,23H,10-11,14-16H2,1H3,(H,31,32,34). The summed E-state index contributed by atoms with van der Waals surface area (Å²) in [6.45, 7) is 3.31. The average Bonchev–Trinajstić information content (AvgIpc) is 2.94. The molecule has 2 aromatic heterocycles. The summed E-state index contributed by atoms with van der Waals surface area (Å²) < 4.78 is 14.6. The Kier molecular flexibility index (Phi) is 7.89. The summed E-state index contributed by atoms with van der Waals surface area (Å²) in [5.74, 6) is 1.90. The highest BCUT2D eigenvalue weighted by molar-refractivity contribution is 8.00. The fourth-order valence-corrected chi connectivity index (χ4v) is 4.54. The van der Waals surface area contributed by atoms with Crippen LogP contribution < -0.4 is 9.46 Å². The van der Waals surface area contributed by atoms with Gasteiger partial charge in [-0.05, 0) is 66.9 Å². The van der Waals surface area contributed by atoms with E-state index in [0.29, 0.717) is 42.7 Å². The second-order valence-corrected chi connectivity index (χ2v) is 9.54. The molecular weight excluding hydrogens is 484 g/mol. The number of nitrogens with zero attached hydrogens (tertiary/aromatic N) is 5. The van der Waals surface area contributed by atoms with Crippen molar-refractivity contribution in [1.82, 2.24) is 19.9 Å². The maximum atomic E-state index is 9.71. The van der Waals surface area contributed by atoms with Gasteiger partial charge in [0.15, 0.2) is 0 Å². The van der Waals surface area contributed by atoms with Gasteiger partial charge in [-0.1, -0.05) is 12.1 Å². The Morgan fingerprint density at radius 3 is 2.62 bits per heavy atom. The van der Waals surface area contributed by atoms with Gasteiger partial charge in [0.25, 0.3) is 0 Å². The van der Waals surface area contributed by atoms with Gasteiger partial charge in [-0.15, -0.1) is 0 Å². The van der Waals surface area contributed by atoms with Crippen molar-refractivity contribution in [3.63, 3.8) is 0 Å². The second-order valence-electron chi connectivity index (χ2n) is 8.66. The third kappa shape index (κ3) is 6.61. The van der Waals surface area contributed by atoms with E-state index < -0.39 is 0 Å². The Morgan fingerprint density at radius 2 is 1.84 bits per heavy atom. The lowest BCUT2D eigenvalue weighted by Gasteiger charge is -2.23. The van der Waals surface area contributed by atoms with Crippen molar-refractivity contribution >= 4 is 17.9 Å². The smallest absolute Gasteiger partial charge is 0.233 e. The molecule has 0 spiro atoms. The predicted molar refractivity (Wildman–Crippen MR) is 142 cm³/mol. The topological polar surface area (TPSA) is 106 Å². The molecule has 2 aromatic carbocycles. The van der Waals surface area contributed by atoms with Crippen molar-refractivity contribution in [3.8, 4) is 23.1 Å². The number of aromatic nitrogens is 4. The number of benzene rings is 2. The zero-order valence-electron chi connectivity index (χ0n) is 20.4. The highest BCUT2D eigenvalue weighted by Gasteiger charge is 2.17. The Bertz CT molecular complexity index is 1400. The van der Waals surface area contributed by atoms with Gasteiger partial charge in [0.05, 0.1) is 24.5 Å². The number of hydrogen-bond donors (Lipinski definition) is 1. The number of nitriles is 1. The van der Waals surface area contributed by atoms with Crippen LogP contribution in [0, 0.1) is 18.3 Å². The largest absolute Gasteiger partial charge is 0.489 e.